The largest absolute Gasteiger partial charge is 0.496 e. The summed E-state index contributed by atoms with van der Waals surface area (Å²) >= 11 is 0. The number of benzene rings is 1. The molecule has 112 valence electrons. The van der Waals surface area contributed by atoms with Gasteiger partial charge in [-0.15, -0.1) is 0 Å². The first-order chi connectivity index (χ1) is 10.0. The van der Waals surface area contributed by atoms with E-state index < -0.39 is 6.10 Å². The molecule has 0 saturated heterocycles. The molecule has 2 atom stereocenters. The molecule has 2 rings (SSSR count). The fourth-order valence-corrected chi connectivity index (χ4v) is 2.67. The van der Waals surface area contributed by atoms with E-state index in [1.807, 2.05) is 57.3 Å². The van der Waals surface area contributed by atoms with Crippen molar-refractivity contribution in [3.8, 4) is 5.75 Å². The van der Waals surface area contributed by atoms with Crippen LogP contribution in [0, 0.1) is 19.8 Å². The lowest BCUT2D eigenvalue weighted by Crippen LogP contribution is -2.14. The minimum Gasteiger partial charge on any atom is -0.496 e. The Kier molecular flexibility index (Phi) is 4.97. The highest BCUT2D eigenvalue weighted by molar-refractivity contribution is 5.41. The van der Waals surface area contributed by atoms with E-state index in [1.54, 1.807) is 7.11 Å². The molecule has 1 heterocycles. The summed E-state index contributed by atoms with van der Waals surface area (Å²) in [6.45, 7) is 6.06. The third-order valence-electron chi connectivity index (χ3n) is 3.95. The van der Waals surface area contributed by atoms with E-state index in [4.69, 9.17) is 4.74 Å². The number of aliphatic hydroxyl groups is 1. The van der Waals surface area contributed by atoms with E-state index in [2.05, 4.69) is 4.98 Å². The highest BCUT2D eigenvalue weighted by atomic mass is 16.5. The molecule has 2 unspecified atom stereocenters. The van der Waals surface area contributed by atoms with E-state index in [9.17, 15) is 5.11 Å². The van der Waals surface area contributed by atoms with Crippen LogP contribution < -0.4 is 4.74 Å². The zero-order valence-corrected chi connectivity index (χ0v) is 13.1. The fraction of sp³-hybridized carbons (Fsp3) is 0.389. The second-order valence-electron chi connectivity index (χ2n) is 5.58. The lowest BCUT2D eigenvalue weighted by atomic mass is 9.91. The highest BCUT2D eigenvalue weighted by Crippen LogP contribution is 2.29. The topological polar surface area (TPSA) is 42.4 Å². The Bertz CT molecular complexity index is 596. The van der Waals surface area contributed by atoms with Crippen LogP contribution in [-0.4, -0.2) is 17.2 Å². The van der Waals surface area contributed by atoms with Crippen molar-refractivity contribution in [3.05, 3.63) is 58.9 Å². The van der Waals surface area contributed by atoms with E-state index in [-0.39, 0.29) is 5.92 Å². The van der Waals surface area contributed by atoms with Gasteiger partial charge >= 0.3 is 0 Å². The Morgan fingerprint density at radius 1 is 1.19 bits per heavy atom. The third kappa shape index (κ3) is 3.42. The first-order valence-electron chi connectivity index (χ1n) is 7.26. The van der Waals surface area contributed by atoms with Crippen LogP contribution in [0.1, 0.15) is 35.4 Å². The summed E-state index contributed by atoms with van der Waals surface area (Å²) in [7, 11) is 1.68. The van der Waals surface area contributed by atoms with Gasteiger partial charge < -0.3 is 9.84 Å². The maximum Gasteiger partial charge on any atom is 0.128 e. The smallest absolute Gasteiger partial charge is 0.128 e. The molecular weight excluding hydrogens is 262 g/mol. The molecule has 1 N–H and O–H groups in total. The van der Waals surface area contributed by atoms with Crippen LogP contribution in [0.3, 0.4) is 0 Å². The van der Waals surface area contributed by atoms with Crippen molar-refractivity contribution in [1.82, 2.24) is 4.98 Å². The van der Waals surface area contributed by atoms with E-state index in [0.717, 1.165) is 34.6 Å². The molecule has 0 aliphatic rings. The average Bonchev–Trinajstić information content (AvgIpc) is 2.50. The van der Waals surface area contributed by atoms with Crippen LogP contribution in [0.4, 0.5) is 0 Å². The van der Waals surface area contributed by atoms with Crippen molar-refractivity contribution in [3.63, 3.8) is 0 Å². The first-order valence-corrected chi connectivity index (χ1v) is 7.26. The normalized spacial score (nSPS) is 13.8. The number of methoxy groups -OCH3 is 1. The summed E-state index contributed by atoms with van der Waals surface area (Å²) < 4.78 is 5.44. The summed E-state index contributed by atoms with van der Waals surface area (Å²) in [6.07, 6.45) is 2.07. The van der Waals surface area contributed by atoms with Gasteiger partial charge in [-0.1, -0.05) is 37.3 Å². The first kappa shape index (κ1) is 15.5. The Morgan fingerprint density at radius 3 is 2.48 bits per heavy atom. The van der Waals surface area contributed by atoms with Gasteiger partial charge in [0, 0.05) is 23.0 Å². The van der Waals surface area contributed by atoms with E-state index in [0.29, 0.717) is 0 Å². The summed E-state index contributed by atoms with van der Waals surface area (Å²) in [5.41, 5.74) is 4.03. The van der Waals surface area contributed by atoms with Crippen LogP contribution in [0.5, 0.6) is 5.75 Å². The van der Waals surface area contributed by atoms with E-state index >= 15 is 0 Å². The summed E-state index contributed by atoms with van der Waals surface area (Å²) in [5.74, 6) is 0.979. The van der Waals surface area contributed by atoms with Gasteiger partial charge in [-0.25, -0.2) is 0 Å². The van der Waals surface area contributed by atoms with Gasteiger partial charge in [0.1, 0.15) is 5.75 Å². The van der Waals surface area contributed by atoms with Gasteiger partial charge in [-0.05, 0) is 31.7 Å². The van der Waals surface area contributed by atoms with Crippen LogP contribution in [0.25, 0.3) is 0 Å². The molecule has 2 aromatic rings. The van der Waals surface area contributed by atoms with Gasteiger partial charge in [-0.3, -0.25) is 4.98 Å². The number of nitrogens with zero attached hydrogens (tertiary/aromatic N) is 1. The molecule has 0 fully saturated rings. The molecule has 1 aromatic carbocycles. The van der Waals surface area contributed by atoms with Gasteiger partial charge in [0.15, 0.2) is 0 Å². The molecule has 3 heteroatoms. The Balaban J connectivity index is 2.18. The van der Waals surface area contributed by atoms with Crippen molar-refractivity contribution in [2.75, 3.05) is 7.11 Å². The molecule has 0 spiro atoms. The van der Waals surface area contributed by atoms with Gasteiger partial charge in [0.25, 0.3) is 0 Å². The maximum atomic E-state index is 10.5. The second kappa shape index (κ2) is 6.72. The van der Waals surface area contributed by atoms with Gasteiger partial charge in [-0.2, -0.15) is 0 Å². The molecule has 0 radical (unpaired) electrons. The van der Waals surface area contributed by atoms with Gasteiger partial charge in [0.05, 0.1) is 13.2 Å². The summed E-state index contributed by atoms with van der Waals surface area (Å²) in [6, 6.07) is 9.76. The number of pyridine rings is 1. The Morgan fingerprint density at radius 2 is 1.86 bits per heavy atom. The average molecular weight is 285 g/mol. The van der Waals surface area contributed by atoms with E-state index in [1.165, 1.54) is 0 Å². The monoisotopic (exact) mass is 285 g/mol. The number of ether oxygens (including phenoxy) is 1. The molecule has 0 aliphatic heterocycles. The number of rotatable bonds is 5. The standard InChI is InChI=1S/C18H23NO2/c1-12(17(20)15-8-6-5-7-9-15)10-16-14(3)18(21-4)13(2)11-19-16/h5-9,11-12,17,20H,10H2,1-4H3. The predicted molar refractivity (Wildman–Crippen MR) is 84.5 cm³/mol. The third-order valence-corrected chi connectivity index (χ3v) is 3.95. The van der Waals surface area contributed by atoms with Crippen LogP contribution in [0.2, 0.25) is 0 Å². The van der Waals surface area contributed by atoms with Crippen LogP contribution in [0.15, 0.2) is 36.5 Å². The lowest BCUT2D eigenvalue weighted by molar-refractivity contribution is 0.117. The molecule has 21 heavy (non-hydrogen) atoms. The van der Waals surface area contributed by atoms with Crippen molar-refractivity contribution in [2.45, 2.75) is 33.3 Å². The summed E-state index contributed by atoms with van der Waals surface area (Å²) in [5, 5.41) is 10.5. The highest BCUT2D eigenvalue weighted by Gasteiger charge is 2.19. The predicted octanol–water partition coefficient (Wildman–Crippen LogP) is 3.62. The molecule has 3 nitrogen and oxygen atoms in total. The summed E-state index contributed by atoms with van der Waals surface area (Å²) in [4.78, 5) is 4.51. The Hall–Kier alpha value is -1.87. The minimum atomic E-state index is -0.486. The zero-order chi connectivity index (χ0) is 15.4. The molecular formula is C18H23NO2. The number of hydrogen-bond acceptors (Lipinski definition) is 3. The van der Waals surface area contributed by atoms with Crippen molar-refractivity contribution < 1.29 is 9.84 Å². The second-order valence-corrected chi connectivity index (χ2v) is 5.58. The fourth-order valence-electron chi connectivity index (χ4n) is 2.67. The number of aromatic nitrogens is 1. The van der Waals surface area contributed by atoms with Crippen molar-refractivity contribution in [2.24, 2.45) is 5.92 Å². The number of aliphatic hydroxyl groups excluding tert-OH is 1. The molecule has 0 amide bonds. The number of aryl methyl sites for hydroxylation is 1. The van der Waals surface area contributed by atoms with Crippen molar-refractivity contribution in [1.29, 1.82) is 0 Å². The number of hydrogen-bond donors (Lipinski definition) is 1. The molecule has 0 saturated carbocycles. The molecule has 0 bridgehead atoms. The molecule has 1 aromatic heterocycles. The van der Waals surface area contributed by atoms with Crippen LogP contribution in [-0.2, 0) is 6.42 Å². The van der Waals surface area contributed by atoms with Gasteiger partial charge in [0.2, 0.25) is 0 Å². The zero-order valence-electron chi connectivity index (χ0n) is 13.1. The minimum absolute atomic E-state index is 0.0889. The van der Waals surface area contributed by atoms with Crippen molar-refractivity contribution >= 4 is 0 Å². The Labute approximate surface area is 126 Å². The quantitative estimate of drug-likeness (QED) is 0.912. The SMILES string of the molecule is COc1c(C)cnc(CC(C)C(O)c2ccccc2)c1C. The van der Waals surface area contributed by atoms with Crippen LogP contribution >= 0.6 is 0 Å². The lowest BCUT2D eigenvalue weighted by Gasteiger charge is -2.20. The maximum absolute atomic E-state index is 10.5. The molecule has 0 aliphatic carbocycles.